The van der Waals surface area contributed by atoms with Crippen LogP contribution in [0.3, 0.4) is 0 Å². The molecule has 0 aromatic heterocycles. The molecule has 1 saturated heterocycles. The van der Waals surface area contributed by atoms with Crippen molar-refractivity contribution in [1.29, 1.82) is 0 Å². The molecule has 1 aliphatic heterocycles. The molecule has 2 unspecified atom stereocenters. The summed E-state index contributed by atoms with van der Waals surface area (Å²) in [4.78, 5) is 0. The number of benzene rings is 1. The number of halogens is 2. The van der Waals surface area contributed by atoms with Gasteiger partial charge in [-0.3, -0.25) is 0 Å². The second-order valence-corrected chi connectivity index (χ2v) is 7.04. The van der Waals surface area contributed by atoms with E-state index < -0.39 is 0 Å². The molecule has 4 heteroatoms. The molecule has 1 nitrogen and oxygen atoms in total. The van der Waals surface area contributed by atoms with Crippen LogP contribution in [0.1, 0.15) is 24.8 Å². The van der Waals surface area contributed by atoms with Crippen LogP contribution in [0.5, 0.6) is 0 Å². The van der Waals surface area contributed by atoms with Crippen molar-refractivity contribution in [2.75, 3.05) is 12.8 Å². The Kier molecular flexibility index (Phi) is 5.52. The summed E-state index contributed by atoms with van der Waals surface area (Å²) in [5, 5.41) is 4.06. The number of likely N-dealkylation sites (N-methyl/N-ethyl adjacent to an activating group) is 1. The van der Waals surface area contributed by atoms with Crippen LogP contribution in [-0.4, -0.2) is 24.1 Å². The van der Waals surface area contributed by atoms with Gasteiger partial charge in [0.15, 0.2) is 0 Å². The fraction of sp³-hybridized carbons (Fsp3) is 0.571. The van der Waals surface area contributed by atoms with E-state index in [-0.39, 0.29) is 5.82 Å². The van der Waals surface area contributed by atoms with Crippen LogP contribution in [0.25, 0.3) is 0 Å². The average Bonchev–Trinajstić information content (AvgIpc) is 2.36. The zero-order chi connectivity index (χ0) is 13.0. The number of nitrogens with one attached hydrogen (secondary N) is 1. The number of hydrogen-bond donors (Lipinski definition) is 1. The standard InChI is InChI=1S/C14H19BrFNS/c1-17-13(14-4-2-3-5-18-14)8-10-6-11(15)9-12(16)7-10/h6-7,9,13-14,17H,2-5,8H2,1H3. The lowest BCUT2D eigenvalue weighted by Crippen LogP contribution is -2.39. The van der Waals surface area contributed by atoms with Crippen LogP contribution in [0.15, 0.2) is 22.7 Å². The molecule has 100 valence electrons. The van der Waals surface area contributed by atoms with Gasteiger partial charge in [0.05, 0.1) is 0 Å². The maximum atomic E-state index is 13.4. The Morgan fingerprint density at radius 3 is 2.89 bits per heavy atom. The summed E-state index contributed by atoms with van der Waals surface area (Å²) in [5.74, 6) is 1.10. The second kappa shape index (κ2) is 6.92. The van der Waals surface area contributed by atoms with Gasteiger partial charge < -0.3 is 5.32 Å². The highest BCUT2D eigenvalue weighted by Crippen LogP contribution is 2.29. The quantitative estimate of drug-likeness (QED) is 0.894. The summed E-state index contributed by atoms with van der Waals surface area (Å²) in [6.07, 6.45) is 4.82. The van der Waals surface area contributed by atoms with Gasteiger partial charge in [-0.1, -0.05) is 22.4 Å². The first-order chi connectivity index (χ1) is 8.69. The van der Waals surface area contributed by atoms with E-state index in [1.165, 1.54) is 31.1 Å². The van der Waals surface area contributed by atoms with Crippen molar-refractivity contribution in [3.05, 3.63) is 34.1 Å². The zero-order valence-electron chi connectivity index (χ0n) is 10.6. The minimum atomic E-state index is -0.162. The molecule has 0 spiro atoms. The topological polar surface area (TPSA) is 12.0 Å². The van der Waals surface area contributed by atoms with Crippen molar-refractivity contribution >= 4 is 27.7 Å². The highest BCUT2D eigenvalue weighted by Gasteiger charge is 2.23. The Labute approximate surface area is 121 Å². The molecular weight excluding hydrogens is 313 g/mol. The van der Waals surface area contributed by atoms with Gasteiger partial charge in [-0.15, -0.1) is 0 Å². The molecule has 0 bridgehead atoms. The maximum absolute atomic E-state index is 13.4. The number of hydrogen-bond acceptors (Lipinski definition) is 2. The van der Waals surface area contributed by atoms with E-state index in [9.17, 15) is 4.39 Å². The lowest BCUT2D eigenvalue weighted by molar-refractivity contribution is 0.493. The van der Waals surface area contributed by atoms with Gasteiger partial charge in [0, 0.05) is 15.8 Å². The van der Waals surface area contributed by atoms with Crippen molar-refractivity contribution in [2.24, 2.45) is 0 Å². The van der Waals surface area contributed by atoms with Gasteiger partial charge in [0.25, 0.3) is 0 Å². The van der Waals surface area contributed by atoms with Gasteiger partial charge in [0.1, 0.15) is 5.82 Å². The molecular formula is C14H19BrFNS. The van der Waals surface area contributed by atoms with Crippen LogP contribution in [-0.2, 0) is 6.42 Å². The average molecular weight is 332 g/mol. The highest BCUT2D eigenvalue weighted by atomic mass is 79.9. The third-order valence-corrected chi connectivity index (χ3v) is 5.39. The molecule has 2 atom stereocenters. The lowest BCUT2D eigenvalue weighted by Gasteiger charge is -2.29. The van der Waals surface area contributed by atoms with Crippen molar-refractivity contribution in [3.63, 3.8) is 0 Å². The molecule has 0 amide bonds. The largest absolute Gasteiger partial charge is 0.316 e. The Bertz CT molecular complexity index is 373. The molecule has 0 saturated carbocycles. The molecule has 1 aromatic rings. The van der Waals surface area contributed by atoms with E-state index >= 15 is 0 Å². The normalized spacial score (nSPS) is 21.8. The zero-order valence-corrected chi connectivity index (χ0v) is 13.0. The molecule has 0 aliphatic carbocycles. The third-order valence-electron chi connectivity index (χ3n) is 3.41. The van der Waals surface area contributed by atoms with Crippen LogP contribution in [0.4, 0.5) is 4.39 Å². The molecule has 1 fully saturated rings. The smallest absolute Gasteiger partial charge is 0.124 e. The molecule has 0 radical (unpaired) electrons. The van der Waals surface area contributed by atoms with Crippen molar-refractivity contribution in [1.82, 2.24) is 5.32 Å². The summed E-state index contributed by atoms with van der Waals surface area (Å²) < 4.78 is 14.2. The SMILES string of the molecule is CNC(Cc1cc(F)cc(Br)c1)C1CCCCS1. The first-order valence-electron chi connectivity index (χ1n) is 6.43. The monoisotopic (exact) mass is 331 g/mol. The summed E-state index contributed by atoms with van der Waals surface area (Å²) in [6, 6.07) is 5.60. The minimum absolute atomic E-state index is 0.162. The predicted molar refractivity (Wildman–Crippen MR) is 80.7 cm³/mol. The van der Waals surface area contributed by atoms with Crippen LogP contribution >= 0.6 is 27.7 Å². The predicted octanol–water partition coefficient (Wildman–Crippen LogP) is 4.00. The molecule has 1 aromatic carbocycles. The Morgan fingerprint density at radius 2 is 2.28 bits per heavy atom. The summed E-state index contributed by atoms with van der Waals surface area (Å²) in [5.41, 5.74) is 1.06. The van der Waals surface area contributed by atoms with E-state index in [1.54, 1.807) is 6.07 Å². The first-order valence-corrected chi connectivity index (χ1v) is 8.27. The van der Waals surface area contributed by atoms with Gasteiger partial charge in [0.2, 0.25) is 0 Å². The molecule has 1 aliphatic rings. The molecule has 18 heavy (non-hydrogen) atoms. The Morgan fingerprint density at radius 1 is 1.44 bits per heavy atom. The van der Waals surface area contributed by atoms with E-state index in [0.717, 1.165) is 16.5 Å². The van der Waals surface area contributed by atoms with Crippen molar-refractivity contribution < 1.29 is 4.39 Å². The molecule has 1 heterocycles. The van der Waals surface area contributed by atoms with Crippen molar-refractivity contribution in [3.8, 4) is 0 Å². The van der Waals surface area contributed by atoms with E-state index in [2.05, 4.69) is 33.0 Å². The van der Waals surface area contributed by atoms with Crippen LogP contribution in [0.2, 0.25) is 0 Å². The maximum Gasteiger partial charge on any atom is 0.124 e. The highest BCUT2D eigenvalue weighted by molar-refractivity contribution is 9.10. The molecule has 2 rings (SSSR count). The van der Waals surface area contributed by atoms with Gasteiger partial charge >= 0.3 is 0 Å². The second-order valence-electron chi connectivity index (χ2n) is 4.78. The number of rotatable bonds is 4. The van der Waals surface area contributed by atoms with E-state index in [4.69, 9.17) is 0 Å². The van der Waals surface area contributed by atoms with Gasteiger partial charge in [-0.05, 0) is 55.8 Å². The van der Waals surface area contributed by atoms with E-state index in [1.807, 2.05) is 13.1 Å². The Balaban J connectivity index is 2.04. The van der Waals surface area contributed by atoms with Gasteiger partial charge in [-0.2, -0.15) is 11.8 Å². The Hall–Kier alpha value is -0.0600. The fourth-order valence-electron chi connectivity index (χ4n) is 2.49. The first kappa shape index (κ1) is 14.4. The third kappa shape index (κ3) is 3.97. The van der Waals surface area contributed by atoms with Crippen molar-refractivity contribution in [2.45, 2.75) is 37.0 Å². The summed E-state index contributed by atoms with van der Waals surface area (Å²) in [6.45, 7) is 0. The van der Waals surface area contributed by atoms with Crippen LogP contribution < -0.4 is 5.32 Å². The minimum Gasteiger partial charge on any atom is -0.316 e. The van der Waals surface area contributed by atoms with Gasteiger partial charge in [-0.25, -0.2) is 4.39 Å². The van der Waals surface area contributed by atoms with Crippen LogP contribution in [0, 0.1) is 5.82 Å². The number of thioether (sulfide) groups is 1. The summed E-state index contributed by atoms with van der Waals surface area (Å²) in [7, 11) is 2.01. The lowest BCUT2D eigenvalue weighted by atomic mass is 9.99. The summed E-state index contributed by atoms with van der Waals surface area (Å²) >= 11 is 5.41. The fourth-order valence-corrected chi connectivity index (χ4v) is 4.47. The van der Waals surface area contributed by atoms with E-state index in [0.29, 0.717) is 11.3 Å². The molecule has 1 N–H and O–H groups in total.